The van der Waals surface area contributed by atoms with Crippen LogP contribution in [0.2, 0.25) is 0 Å². The Hall–Kier alpha value is -4.41. The van der Waals surface area contributed by atoms with Crippen molar-refractivity contribution >= 4 is 23.4 Å². The van der Waals surface area contributed by atoms with E-state index in [1.54, 1.807) is 6.07 Å². The molecule has 0 aliphatic rings. The molecule has 152 valence electrons. The first-order chi connectivity index (χ1) is 14.3. The van der Waals surface area contributed by atoms with Gasteiger partial charge in [0.15, 0.2) is 6.10 Å². The lowest BCUT2D eigenvalue weighted by Crippen LogP contribution is -2.06. The summed E-state index contributed by atoms with van der Waals surface area (Å²) in [5.74, 6) is -0.542. The average molecular weight is 410 g/mol. The van der Waals surface area contributed by atoms with Gasteiger partial charge in [0.2, 0.25) is 5.89 Å². The van der Waals surface area contributed by atoms with Crippen molar-refractivity contribution in [1.29, 1.82) is 0 Å². The topological polar surface area (TPSA) is 152 Å². The summed E-state index contributed by atoms with van der Waals surface area (Å²) >= 11 is 0. The van der Waals surface area contributed by atoms with E-state index in [4.69, 9.17) is 9.15 Å². The van der Waals surface area contributed by atoms with Gasteiger partial charge in [-0.2, -0.15) is 0 Å². The third-order valence-corrected chi connectivity index (χ3v) is 3.90. The summed E-state index contributed by atoms with van der Waals surface area (Å²) in [6.07, 6.45) is 1.66. The van der Waals surface area contributed by atoms with E-state index >= 15 is 0 Å². The Morgan fingerprint density at radius 3 is 2.43 bits per heavy atom. The first-order valence-electron chi connectivity index (χ1n) is 8.55. The van der Waals surface area contributed by atoms with Crippen LogP contribution in [0.1, 0.15) is 24.5 Å². The molecule has 0 aliphatic carbocycles. The number of aromatic nitrogens is 2. The van der Waals surface area contributed by atoms with Gasteiger partial charge in [0, 0.05) is 35.9 Å². The van der Waals surface area contributed by atoms with E-state index in [9.17, 15) is 25.0 Å². The Morgan fingerprint density at radius 1 is 1.07 bits per heavy atom. The van der Waals surface area contributed by atoms with Crippen molar-refractivity contribution < 1.29 is 23.8 Å². The minimum absolute atomic E-state index is 0.0421. The molecular weight excluding hydrogens is 396 g/mol. The number of carbonyl (C=O) groups excluding carboxylic acids is 1. The summed E-state index contributed by atoms with van der Waals surface area (Å²) in [6.45, 7) is 1.53. The molecule has 30 heavy (non-hydrogen) atoms. The highest BCUT2D eigenvalue weighted by atomic mass is 16.6. The van der Waals surface area contributed by atoms with Gasteiger partial charge in [-0.25, -0.2) is 4.79 Å². The molecule has 1 atom stereocenters. The molecule has 1 aromatic heterocycles. The molecule has 11 nitrogen and oxygen atoms in total. The molecule has 0 N–H and O–H groups in total. The Bertz CT molecular complexity index is 1120. The summed E-state index contributed by atoms with van der Waals surface area (Å²) in [4.78, 5) is 32.4. The van der Waals surface area contributed by atoms with E-state index in [0.717, 1.165) is 6.08 Å². The largest absolute Gasteiger partial charge is 0.449 e. The first kappa shape index (κ1) is 20.3. The fourth-order valence-electron chi connectivity index (χ4n) is 2.41. The van der Waals surface area contributed by atoms with Gasteiger partial charge in [0.05, 0.1) is 9.85 Å². The Balaban J connectivity index is 1.64. The number of nitro groups is 2. The van der Waals surface area contributed by atoms with E-state index in [1.165, 1.54) is 55.5 Å². The third-order valence-electron chi connectivity index (χ3n) is 3.90. The van der Waals surface area contributed by atoms with E-state index in [1.807, 2.05) is 0 Å². The smallest absolute Gasteiger partial charge is 0.331 e. The van der Waals surface area contributed by atoms with Gasteiger partial charge in [0.25, 0.3) is 17.3 Å². The van der Waals surface area contributed by atoms with Crippen LogP contribution in [0.15, 0.2) is 59.0 Å². The fraction of sp³-hybridized carbons (Fsp3) is 0.105. The number of rotatable bonds is 7. The SMILES string of the molecule is CC(OC(=O)/C=C/c1cccc([N+](=O)[O-])c1)c1nnc(-c2ccc([N+](=O)[O-])cc2)o1. The van der Waals surface area contributed by atoms with Crippen LogP contribution in [0.3, 0.4) is 0 Å². The number of hydrogen-bond donors (Lipinski definition) is 0. The molecule has 11 heteroatoms. The van der Waals surface area contributed by atoms with Crippen LogP contribution in [0, 0.1) is 20.2 Å². The zero-order valence-corrected chi connectivity index (χ0v) is 15.5. The molecule has 0 saturated carbocycles. The van der Waals surface area contributed by atoms with Gasteiger partial charge >= 0.3 is 5.97 Å². The number of benzene rings is 2. The molecule has 0 fully saturated rings. The Morgan fingerprint density at radius 2 is 1.77 bits per heavy atom. The van der Waals surface area contributed by atoms with Crippen LogP contribution in [0.4, 0.5) is 11.4 Å². The van der Waals surface area contributed by atoms with Crippen molar-refractivity contribution in [3.05, 3.63) is 86.3 Å². The summed E-state index contributed by atoms with van der Waals surface area (Å²) < 4.78 is 10.7. The van der Waals surface area contributed by atoms with Crippen molar-refractivity contribution in [3.8, 4) is 11.5 Å². The van der Waals surface area contributed by atoms with E-state index in [2.05, 4.69) is 10.2 Å². The monoisotopic (exact) mass is 410 g/mol. The van der Waals surface area contributed by atoms with Crippen LogP contribution in [-0.2, 0) is 9.53 Å². The second-order valence-corrected chi connectivity index (χ2v) is 6.01. The maximum atomic E-state index is 12.0. The maximum Gasteiger partial charge on any atom is 0.331 e. The number of nitrogens with zero attached hydrogens (tertiary/aromatic N) is 4. The van der Waals surface area contributed by atoms with Gasteiger partial charge in [-0.3, -0.25) is 20.2 Å². The van der Waals surface area contributed by atoms with Crippen molar-refractivity contribution in [2.45, 2.75) is 13.0 Å². The van der Waals surface area contributed by atoms with E-state index in [0.29, 0.717) is 11.1 Å². The lowest BCUT2D eigenvalue weighted by atomic mass is 10.2. The zero-order chi connectivity index (χ0) is 21.7. The number of esters is 1. The lowest BCUT2D eigenvalue weighted by Gasteiger charge is -2.06. The quantitative estimate of drug-likeness (QED) is 0.244. The first-order valence-corrected chi connectivity index (χ1v) is 8.55. The fourth-order valence-corrected chi connectivity index (χ4v) is 2.41. The molecule has 0 amide bonds. The summed E-state index contributed by atoms with van der Waals surface area (Å²) in [6, 6.07) is 11.3. The molecule has 2 aromatic carbocycles. The number of non-ortho nitro benzene ring substituents is 2. The predicted molar refractivity (Wildman–Crippen MR) is 103 cm³/mol. The standard InChI is InChI=1S/C19H14N4O7/c1-12(29-17(24)10-5-13-3-2-4-16(11-13)23(27)28)18-20-21-19(30-18)14-6-8-15(9-7-14)22(25)26/h2-12H,1H3/b10-5+. The zero-order valence-electron chi connectivity index (χ0n) is 15.5. The predicted octanol–water partition coefficient (Wildman–Crippen LogP) is 3.87. The van der Waals surface area contributed by atoms with Gasteiger partial charge in [-0.1, -0.05) is 12.1 Å². The van der Waals surface area contributed by atoms with Gasteiger partial charge in [0.1, 0.15) is 0 Å². The molecule has 0 saturated heterocycles. The normalized spacial score (nSPS) is 11.9. The highest BCUT2D eigenvalue weighted by Crippen LogP contribution is 2.24. The Labute approximate surface area is 168 Å². The van der Waals surface area contributed by atoms with Crippen LogP contribution in [0.25, 0.3) is 17.5 Å². The summed E-state index contributed by atoms with van der Waals surface area (Å²) in [7, 11) is 0. The molecule has 3 aromatic rings. The van der Waals surface area contributed by atoms with Crippen molar-refractivity contribution in [1.82, 2.24) is 10.2 Å². The van der Waals surface area contributed by atoms with Crippen LogP contribution in [0.5, 0.6) is 0 Å². The second kappa shape index (κ2) is 8.73. The number of nitro benzene ring substituents is 2. The lowest BCUT2D eigenvalue weighted by molar-refractivity contribution is -0.385. The number of hydrogen-bond acceptors (Lipinski definition) is 9. The minimum atomic E-state index is -0.855. The highest BCUT2D eigenvalue weighted by Gasteiger charge is 2.18. The summed E-state index contributed by atoms with van der Waals surface area (Å²) in [5, 5.41) is 29.2. The van der Waals surface area contributed by atoms with Crippen LogP contribution >= 0.6 is 0 Å². The van der Waals surface area contributed by atoms with Crippen molar-refractivity contribution in [2.24, 2.45) is 0 Å². The molecular formula is C19H14N4O7. The van der Waals surface area contributed by atoms with Crippen LogP contribution < -0.4 is 0 Å². The van der Waals surface area contributed by atoms with Gasteiger partial charge in [-0.05, 0) is 30.7 Å². The van der Waals surface area contributed by atoms with E-state index < -0.39 is 21.9 Å². The second-order valence-electron chi connectivity index (χ2n) is 6.01. The van der Waals surface area contributed by atoms with Gasteiger partial charge in [-0.15, -0.1) is 10.2 Å². The number of ether oxygens (including phenoxy) is 1. The van der Waals surface area contributed by atoms with Crippen molar-refractivity contribution in [2.75, 3.05) is 0 Å². The molecule has 0 radical (unpaired) electrons. The maximum absolute atomic E-state index is 12.0. The molecule has 0 spiro atoms. The molecule has 1 heterocycles. The van der Waals surface area contributed by atoms with Crippen LogP contribution in [-0.4, -0.2) is 26.0 Å². The number of carbonyl (C=O) groups is 1. The van der Waals surface area contributed by atoms with Gasteiger partial charge < -0.3 is 9.15 Å². The van der Waals surface area contributed by atoms with Crippen molar-refractivity contribution in [3.63, 3.8) is 0 Å². The molecule has 3 rings (SSSR count). The molecule has 1 unspecified atom stereocenters. The molecule has 0 bridgehead atoms. The molecule has 0 aliphatic heterocycles. The minimum Gasteiger partial charge on any atom is -0.449 e. The highest BCUT2D eigenvalue weighted by molar-refractivity contribution is 5.87. The van der Waals surface area contributed by atoms with E-state index in [-0.39, 0.29) is 23.2 Å². The Kier molecular flexibility index (Phi) is 5.92. The third kappa shape index (κ3) is 4.90. The summed E-state index contributed by atoms with van der Waals surface area (Å²) in [5.41, 5.74) is 0.773. The average Bonchev–Trinajstić information content (AvgIpc) is 3.23.